The lowest BCUT2D eigenvalue weighted by Crippen LogP contribution is -2.47. The van der Waals surface area contributed by atoms with Gasteiger partial charge in [-0.1, -0.05) is 23.2 Å². The topological polar surface area (TPSA) is 148 Å². The van der Waals surface area contributed by atoms with Gasteiger partial charge in [-0.3, -0.25) is 0 Å². The summed E-state index contributed by atoms with van der Waals surface area (Å²) in [7, 11) is 0. The van der Waals surface area contributed by atoms with Crippen LogP contribution in [0.25, 0.3) is 0 Å². The second kappa shape index (κ2) is 15.3. The van der Waals surface area contributed by atoms with E-state index in [0.717, 1.165) is 42.5 Å². The van der Waals surface area contributed by atoms with Gasteiger partial charge in [0.1, 0.15) is 35.9 Å². The third-order valence-electron chi connectivity index (χ3n) is 7.20. The Kier molecular flexibility index (Phi) is 12.8. The number of aliphatic hydroxyl groups excluding tert-OH is 6. The van der Waals surface area contributed by atoms with Gasteiger partial charge >= 0.3 is 5.97 Å². The molecule has 8 atom stereocenters. The number of esters is 1. The molecular formula is C27H35Cl3O8S. The van der Waals surface area contributed by atoms with Crippen molar-refractivity contribution in [1.82, 2.24) is 0 Å². The summed E-state index contributed by atoms with van der Waals surface area (Å²) in [6.07, 6.45) is -2.88. The highest BCUT2D eigenvalue weighted by Crippen LogP contribution is 2.42. The number of carbonyl (C=O) groups is 1. The van der Waals surface area contributed by atoms with E-state index in [0.29, 0.717) is 21.3 Å². The quantitative estimate of drug-likeness (QED) is 0.139. The molecule has 0 radical (unpaired) electrons. The normalized spacial score (nSPS) is 24.3. The first-order valence-corrected chi connectivity index (χ1v) is 14.9. The fourth-order valence-electron chi connectivity index (χ4n) is 5.05. The van der Waals surface area contributed by atoms with Gasteiger partial charge in [0.05, 0.1) is 12.7 Å². The number of benzene rings is 1. The van der Waals surface area contributed by atoms with Crippen molar-refractivity contribution >= 4 is 52.1 Å². The van der Waals surface area contributed by atoms with Gasteiger partial charge in [0.25, 0.3) is 0 Å². The van der Waals surface area contributed by atoms with Crippen molar-refractivity contribution in [2.75, 3.05) is 13.2 Å². The van der Waals surface area contributed by atoms with E-state index in [1.54, 1.807) is 12.1 Å². The first kappa shape index (κ1) is 32.5. The Labute approximate surface area is 246 Å². The van der Waals surface area contributed by atoms with Crippen molar-refractivity contribution in [1.29, 1.82) is 0 Å². The van der Waals surface area contributed by atoms with E-state index in [1.807, 2.05) is 18.2 Å². The minimum absolute atomic E-state index is 0.0675. The van der Waals surface area contributed by atoms with Crippen LogP contribution in [0.15, 0.2) is 30.3 Å². The Morgan fingerprint density at radius 1 is 0.974 bits per heavy atom. The number of aliphatic hydroxyl groups is 6. The number of carbonyl (C=O) groups excluding carboxylic acids is 1. The van der Waals surface area contributed by atoms with Crippen LogP contribution in [0.5, 0.6) is 0 Å². The maximum Gasteiger partial charge on any atom is 0.348 e. The largest absolute Gasteiger partial charge is 0.459 e. The van der Waals surface area contributed by atoms with Crippen molar-refractivity contribution in [3.8, 4) is 0 Å². The molecule has 1 aliphatic rings. The van der Waals surface area contributed by atoms with Gasteiger partial charge < -0.3 is 35.4 Å². The number of rotatable bonds is 14. The van der Waals surface area contributed by atoms with Crippen molar-refractivity contribution in [3.05, 3.63) is 55.7 Å². The van der Waals surface area contributed by atoms with Crippen LogP contribution in [0.2, 0.25) is 10.0 Å². The van der Waals surface area contributed by atoms with E-state index in [1.165, 1.54) is 11.3 Å². The van der Waals surface area contributed by atoms with Crippen LogP contribution in [-0.2, 0) is 17.6 Å². The molecule has 1 heterocycles. The van der Waals surface area contributed by atoms with Crippen molar-refractivity contribution in [3.63, 3.8) is 0 Å². The monoisotopic (exact) mass is 624 g/mol. The molecule has 0 saturated heterocycles. The summed E-state index contributed by atoms with van der Waals surface area (Å²) in [6, 6.07) is 8.91. The summed E-state index contributed by atoms with van der Waals surface area (Å²) in [5.41, 5.74) is 1.02. The number of ether oxygens (including phenoxy) is 1. The molecule has 0 amide bonds. The molecule has 1 aromatic heterocycles. The summed E-state index contributed by atoms with van der Waals surface area (Å²) in [5, 5.41) is 59.3. The van der Waals surface area contributed by atoms with E-state index >= 15 is 0 Å². The van der Waals surface area contributed by atoms with Gasteiger partial charge in [-0.15, -0.1) is 22.9 Å². The molecular weight excluding hydrogens is 591 g/mol. The number of thiophene rings is 1. The minimum Gasteiger partial charge on any atom is -0.459 e. The molecule has 0 unspecified atom stereocenters. The number of halogens is 3. The average Bonchev–Trinajstić information content (AvgIpc) is 3.47. The van der Waals surface area contributed by atoms with Crippen molar-refractivity contribution in [2.45, 2.75) is 74.4 Å². The highest BCUT2D eigenvalue weighted by atomic mass is 35.5. The molecule has 2 aromatic rings. The second-order valence-electron chi connectivity index (χ2n) is 10.0. The SMILES string of the molecule is O=C(OC[C@H](O)[C@H](O)[C@@H](O)[C@@H](O)CO)c1ccc(CCC[C@@H]2[C@@H](CCc3cc(Cl)cc(Cl)c3)[C@H](O)C[C@H]2Cl)s1. The van der Waals surface area contributed by atoms with E-state index in [-0.39, 0.29) is 17.2 Å². The fraction of sp³-hybridized carbons (Fsp3) is 0.593. The molecule has 1 fully saturated rings. The number of aryl methyl sites for hydroxylation is 2. The number of hydrogen-bond donors (Lipinski definition) is 6. The Bertz CT molecular complexity index is 1050. The van der Waals surface area contributed by atoms with E-state index in [4.69, 9.17) is 44.6 Å². The standard InChI is InChI=1S/C27H35Cl3O8S/c28-15-8-14(9-16(29)10-15)4-6-19-18(20(30)11-21(19)32)3-1-2-17-5-7-24(39-17)27(37)38-13-23(34)26(36)25(35)22(33)12-31/h5,7-10,18-23,25-26,31-36H,1-4,6,11-13H2/t18-,19-,20-,21-,22+,23+,25+,26+/m1/s1. The van der Waals surface area contributed by atoms with Gasteiger partial charge in [0.15, 0.2) is 0 Å². The smallest absolute Gasteiger partial charge is 0.348 e. The minimum atomic E-state index is -1.80. The van der Waals surface area contributed by atoms with Crippen LogP contribution in [-0.4, -0.2) is 85.7 Å². The highest BCUT2D eigenvalue weighted by molar-refractivity contribution is 7.13. The van der Waals surface area contributed by atoms with Gasteiger partial charge in [0.2, 0.25) is 0 Å². The zero-order chi connectivity index (χ0) is 28.7. The summed E-state index contributed by atoms with van der Waals surface area (Å²) in [5.74, 6) is -0.457. The van der Waals surface area contributed by atoms with Crippen LogP contribution >= 0.6 is 46.1 Å². The lowest BCUT2D eigenvalue weighted by Gasteiger charge is -2.25. The van der Waals surface area contributed by atoms with E-state index in [2.05, 4.69) is 0 Å². The molecule has 8 nitrogen and oxygen atoms in total. The Balaban J connectivity index is 1.46. The lowest BCUT2D eigenvalue weighted by molar-refractivity contribution is -0.124. The summed E-state index contributed by atoms with van der Waals surface area (Å²) < 4.78 is 5.04. The molecule has 12 heteroatoms. The first-order chi connectivity index (χ1) is 18.5. The van der Waals surface area contributed by atoms with Crippen LogP contribution < -0.4 is 0 Å². The molecule has 0 bridgehead atoms. The lowest BCUT2D eigenvalue weighted by atomic mass is 9.85. The van der Waals surface area contributed by atoms with Gasteiger partial charge in [-0.05, 0) is 86.3 Å². The van der Waals surface area contributed by atoms with E-state index < -0.39 is 49.7 Å². The van der Waals surface area contributed by atoms with Crippen LogP contribution in [0, 0.1) is 11.8 Å². The van der Waals surface area contributed by atoms with Crippen LogP contribution in [0.1, 0.15) is 45.8 Å². The molecule has 0 spiro atoms. The maximum atomic E-state index is 12.4. The average molecular weight is 626 g/mol. The Morgan fingerprint density at radius 2 is 1.64 bits per heavy atom. The van der Waals surface area contributed by atoms with Gasteiger partial charge in [-0.25, -0.2) is 4.79 Å². The molecule has 1 aromatic carbocycles. The zero-order valence-corrected chi connectivity index (χ0v) is 24.3. The van der Waals surface area contributed by atoms with Crippen molar-refractivity contribution in [2.24, 2.45) is 11.8 Å². The van der Waals surface area contributed by atoms with Crippen molar-refractivity contribution < 1.29 is 40.2 Å². The predicted molar refractivity (Wildman–Crippen MR) is 151 cm³/mol. The second-order valence-corrected chi connectivity index (χ2v) is 12.6. The molecule has 3 rings (SSSR count). The van der Waals surface area contributed by atoms with E-state index in [9.17, 15) is 30.3 Å². The molecule has 39 heavy (non-hydrogen) atoms. The summed E-state index contributed by atoms with van der Waals surface area (Å²) in [6.45, 7) is -1.39. The zero-order valence-electron chi connectivity index (χ0n) is 21.2. The molecule has 0 aliphatic heterocycles. The van der Waals surface area contributed by atoms with Gasteiger partial charge in [0, 0.05) is 20.3 Å². The van der Waals surface area contributed by atoms with Crippen LogP contribution in [0.4, 0.5) is 0 Å². The Hall–Kier alpha value is -0.980. The third-order valence-corrected chi connectivity index (χ3v) is 9.26. The fourth-order valence-corrected chi connectivity index (χ4v) is 7.06. The molecule has 1 saturated carbocycles. The maximum absolute atomic E-state index is 12.4. The third kappa shape index (κ3) is 9.26. The molecule has 6 N–H and O–H groups in total. The number of hydrogen-bond acceptors (Lipinski definition) is 9. The highest BCUT2D eigenvalue weighted by Gasteiger charge is 2.40. The Morgan fingerprint density at radius 3 is 2.31 bits per heavy atom. The van der Waals surface area contributed by atoms with Gasteiger partial charge in [-0.2, -0.15) is 0 Å². The molecule has 218 valence electrons. The summed E-state index contributed by atoms with van der Waals surface area (Å²) >= 11 is 20.1. The molecule has 1 aliphatic carbocycles. The summed E-state index contributed by atoms with van der Waals surface area (Å²) in [4.78, 5) is 13.7. The predicted octanol–water partition coefficient (Wildman–Crippen LogP) is 3.21. The first-order valence-electron chi connectivity index (χ1n) is 12.9. The van der Waals surface area contributed by atoms with Crippen LogP contribution in [0.3, 0.4) is 0 Å². The number of alkyl halides is 1.